The van der Waals surface area contributed by atoms with E-state index < -0.39 is 17.0 Å². The first kappa shape index (κ1) is 28.8. The Kier molecular flexibility index (Phi) is 7.89. The molecule has 4 aliphatic carbocycles. The number of fused-ring (bicyclic) bond motifs is 5. The lowest BCUT2D eigenvalue weighted by Crippen LogP contribution is -2.59. The molecule has 10 atom stereocenters. The molecular weight excluding hydrogens is 514 g/mol. The van der Waals surface area contributed by atoms with Gasteiger partial charge in [-0.2, -0.15) is 0 Å². The molecule has 0 spiro atoms. The third kappa shape index (κ3) is 5.10. The fraction of sp³-hybridized carbons (Fsp3) is 0.742. The lowest BCUT2D eigenvalue weighted by molar-refractivity contribution is -0.384. The van der Waals surface area contributed by atoms with Crippen molar-refractivity contribution in [1.29, 1.82) is 0 Å². The van der Waals surface area contributed by atoms with Crippen LogP contribution in [0.1, 0.15) is 85.0 Å². The maximum Gasteiger partial charge on any atom is 0.514 e. The highest BCUT2D eigenvalue weighted by molar-refractivity contribution is 5.66. The summed E-state index contributed by atoms with van der Waals surface area (Å²) >= 11 is 0. The molecule has 220 valence electrons. The summed E-state index contributed by atoms with van der Waals surface area (Å²) < 4.78 is 11.0. The van der Waals surface area contributed by atoms with Gasteiger partial charge in [-0.05, 0) is 116 Å². The van der Waals surface area contributed by atoms with Crippen LogP contribution in [0.4, 0.5) is 10.5 Å². The predicted molar refractivity (Wildman–Crippen MR) is 147 cm³/mol. The van der Waals surface area contributed by atoms with Gasteiger partial charge in [0.1, 0.15) is 11.9 Å². The molecule has 40 heavy (non-hydrogen) atoms. The number of non-ortho nitro benzene ring substituents is 1. The van der Waals surface area contributed by atoms with Gasteiger partial charge in [0.25, 0.3) is 5.69 Å². The highest BCUT2D eigenvalue weighted by Gasteiger charge is 2.63. The molecule has 0 radical (unpaired) electrons. The largest absolute Gasteiger partial charge is 0.514 e. The van der Waals surface area contributed by atoms with Crippen molar-refractivity contribution < 1.29 is 34.2 Å². The summed E-state index contributed by atoms with van der Waals surface area (Å²) in [6.07, 6.45) is 7.07. The molecular formula is C31H43NO8. The molecule has 4 aliphatic rings. The minimum atomic E-state index is -0.783. The Labute approximate surface area is 235 Å². The van der Waals surface area contributed by atoms with Gasteiger partial charge in [-0.25, -0.2) is 4.79 Å². The van der Waals surface area contributed by atoms with Crippen molar-refractivity contribution in [1.82, 2.24) is 0 Å². The Morgan fingerprint density at radius 1 is 1.07 bits per heavy atom. The number of ether oxygens (including phenoxy) is 2. The molecule has 2 N–H and O–H groups in total. The van der Waals surface area contributed by atoms with E-state index in [1.165, 1.54) is 24.3 Å². The van der Waals surface area contributed by atoms with E-state index >= 15 is 0 Å². The molecule has 0 heterocycles. The van der Waals surface area contributed by atoms with E-state index in [0.29, 0.717) is 36.0 Å². The minimum Gasteiger partial charge on any atom is -0.481 e. The second-order valence-electron chi connectivity index (χ2n) is 13.5. The summed E-state index contributed by atoms with van der Waals surface area (Å²) in [5.74, 6) is 1.96. The monoisotopic (exact) mass is 557 g/mol. The summed E-state index contributed by atoms with van der Waals surface area (Å²) in [7, 11) is 0. The minimum absolute atomic E-state index is 0.0724. The molecule has 5 rings (SSSR count). The molecule has 0 bridgehead atoms. The zero-order chi connectivity index (χ0) is 28.8. The summed E-state index contributed by atoms with van der Waals surface area (Å²) in [6, 6.07) is 5.36. The van der Waals surface area contributed by atoms with Crippen LogP contribution in [0.3, 0.4) is 0 Å². The number of aliphatic hydroxyl groups excluding tert-OH is 1. The van der Waals surface area contributed by atoms with Gasteiger partial charge in [-0.1, -0.05) is 20.8 Å². The summed E-state index contributed by atoms with van der Waals surface area (Å²) in [5, 5.41) is 31.7. The first-order chi connectivity index (χ1) is 18.9. The zero-order valence-electron chi connectivity index (χ0n) is 23.8. The van der Waals surface area contributed by atoms with Crippen molar-refractivity contribution in [3.05, 3.63) is 34.4 Å². The van der Waals surface area contributed by atoms with E-state index in [4.69, 9.17) is 9.47 Å². The smallest absolute Gasteiger partial charge is 0.481 e. The van der Waals surface area contributed by atoms with Crippen LogP contribution in [0.2, 0.25) is 0 Å². The van der Waals surface area contributed by atoms with Crippen molar-refractivity contribution in [2.75, 3.05) is 0 Å². The second-order valence-corrected chi connectivity index (χ2v) is 13.5. The fourth-order valence-corrected chi connectivity index (χ4v) is 9.70. The number of benzene rings is 1. The number of nitro benzene ring substituents is 1. The summed E-state index contributed by atoms with van der Waals surface area (Å²) in [5.41, 5.74) is -0.151. The Morgan fingerprint density at radius 2 is 1.80 bits per heavy atom. The normalized spacial score (nSPS) is 39.2. The number of aliphatic carboxylic acids is 1. The lowest BCUT2D eigenvalue weighted by atomic mass is 9.43. The van der Waals surface area contributed by atoms with E-state index in [-0.39, 0.29) is 46.8 Å². The van der Waals surface area contributed by atoms with Gasteiger partial charge in [0.15, 0.2) is 0 Å². The van der Waals surface area contributed by atoms with Gasteiger partial charge in [-0.15, -0.1) is 0 Å². The van der Waals surface area contributed by atoms with Crippen LogP contribution >= 0.6 is 0 Å². The Morgan fingerprint density at radius 3 is 2.48 bits per heavy atom. The van der Waals surface area contributed by atoms with E-state index in [1.807, 2.05) is 0 Å². The van der Waals surface area contributed by atoms with Crippen molar-refractivity contribution in [3.63, 3.8) is 0 Å². The predicted octanol–water partition coefficient (Wildman–Crippen LogP) is 6.61. The molecule has 4 fully saturated rings. The highest BCUT2D eigenvalue weighted by atomic mass is 16.7. The highest BCUT2D eigenvalue weighted by Crippen LogP contribution is 2.68. The maximum atomic E-state index is 12.5. The third-order valence-corrected chi connectivity index (χ3v) is 11.8. The average molecular weight is 558 g/mol. The van der Waals surface area contributed by atoms with E-state index in [2.05, 4.69) is 20.8 Å². The van der Waals surface area contributed by atoms with Crippen LogP contribution in [0.25, 0.3) is 0 Å². The van der Waals surface area contributed by atoms with E-state index in [9.17, 15) is 29.9 Å². The zero-order valence-corrected chi connectivity index (χ0v) is 23.8. The van der Waals surface area contributed by atoms with Crippen LogP contribution in [0.15, 0.2) is 24.3 Å². The molecule has 0 aromatic heterocycles. The van der Waals surface area contributed by atoms with Gasteiger partial charge in [-0.3, -0.25) is 14.9 Å². The third-order valence-electron chi connectivity index (χ3n) is 11.8. The van der Waals surface area contributed by atoms with Gasteiger partial charge in [0, 0.05) is 18.6 Å². The average Bonchev–Trinajstić information content (AvgIpc) is 3.27. The summed E-state index contributed by atoms with van der Waals surface area (Å²) in [4.78, 5) is 34.0. The van der Waals surface area contributed by atoms with Crippen LogP contribution in [-0.4, -0.2) is 39.5 Å². The van der Waals surface area contributed by atoms with Crippen LogP contribution < -0.4 is 4.74 Å². The molecule has 9 heteroatoms. The second kappa shape index (κ2) is 11.0. The number of carbonyl (C=O) groups excluding carboxylic acids is 1. The van der Waals surface area contributed by atoms with Crippen molar-refractivity contribution >= 4 is 17.8 Å². The number of nitrogens with zero attached hydrogens (tertiary/aromatic N) is 1. The number of hydrogen-bond donors (Lipinski definition) is 2. The van der Waals surface area contributed by atoms with Crippen molar-refractivity contribution in [3.8, 4) is 5.75 Å². The maximum absolute atomic E-state index is 12.5. The number of rotatable bonds is 7. The molecule has 4 saturated carbocycles. The number of carboxylic acids is 1. The topological polar surface area (TPSA) is 136 Å². The number of nitro groups is 1. The van der Waals surface area contributed by atoms with Crippen LogP contribution in [0, 0.1) is 56.5 Å². The Bertz CT molecular complexity index is 1120. The molecule has 1 aromatic rings. The van der Waals surface area contributed by atoms with E-state index in [0.717, 1.165) is 51.4 Å². The van der Waals surface area contributed by atoms with Crippen LogP contribution in [0.5, 0.6) is 5.75 Å². The van der Waals surface area contributed by atoms with Gasteiger partial charge in [0.2, 0.25) is 0 Å². The fourth-order valence-electron chi connectivity index (χ4n) is 9.70. The van der Waals surface area contributed by atoms with Crippen molar-refractivity contribution in [2.45, 2.75) is 97.2 Å². The molecule has 0 unspecified atom stereocenters. The van der Waals surface area contributed by atoms with Crippen LogP contribution in [-0.2, 0) is 9.53 Å². The quantitative estimate of drug-likeness (QED) is 0.165. The molecule has 9 nitrogen and oxygen atoms in total. The van der Waals surface area contributed by atoms with Gasteiger partial charge < -0.3 is 19.7 Å². The standard InChI is InChI=1S/C31H43NO8/c1-18(4-13-28(34)35)24-11-12-25-23-10-5-19-16-22(14-15-30(19,2)26(23)17-27(33)31(24,25)3)40-29(36)39-21-8-6-20(7-9-21)32(37)38/h6-9,18-19,22-27,33H,4-5,10-17H2,1-3H3,(H,34,35)/t18-,19-,22-,23+,24-,25+,26+,27+,30+,31-/m1/s1. The summed E-state index contributed by atoms with van der Waals surface area (Å²) in [6.45, 7) is 6.84. The van der Waals surface area contributed by atoms with E-state index in [1.54, 1.807) is 0 Å². The SMILES string of the molecule is C[C@H](CCC(=O)O)[C@H]1CC[C@H]2[C@@H]3CC[C@@H]4C[C@H](OC(=O)Oc5ccc([N+](=O)[O-])cc5)CC[C@]4(C)[C@H]3C[C@H](O)[C@]12C. The first-order valence-corrected chi connectivity index (χ1v) is 15.0. The Hall–Kier alpha value is -2.68. The van der Waals surface area contributed by atoms with Gasteiger partial charge in [0.05, 0.1) is 11.0 Å². The molecule has 0 amide bonds. The molecule has 0 saturated heterocycles. The molecule has 1 aromatic carbocycles. The Balaban J connectivity index is 1.22. The van der Waals surface area contributed by atoms with Crippen molar-refractivity contribution in [2.24, 2.45) is 46.3 Å². The molecule has 0 aliphatic heterocycles. The lowest BCUT2D eigenvalue weighted by Gasteiger charge is -2.62. The first-order valence-electron chi connectivity index (χ1n) is 15.0. The number of carboxylic acid groups (broad SMARTS) is 1. The van der Waals surface area contributed by atoms with Gasteiger partial charge >= 0.3 is 12.1 Å². The number of aliphatic hydroxyl groups is 1. The number of carbonyl (C=O) groups is 2. The number of hydrogen-bond acceptors (Lipinski definition) is 7.